The Morgan fingerprint density at radius 2 is 2.17 bits per heavy atom. The molecule has 0 fully saturated rings. The van der Waals surface area contributed by atoms with Gasteiger partial charge in [-0.3, -0.25) is 0 Å². The average molecular weight is 163 g/mol. The maximum atomic E-state index is 4.17. The van der Waals surface area contributed by atoms with Gasteiger partial charge in [-0.05, 0) is 17.5 Å². The monoisotopic (exact) mass is 163 g/mol. The molecule has 1 aliphatic heterocycles. The second-order valence-corrected chi connectivity index (χ2v) is 3.50. The molecule has 1 N–H and O–H groups in total. The van der Waals surface area contributed by atoms with E-state index in [9.17, 15) is 0 Å². The first-order valence-corrected chi connectivity index (χ1v) is 4.33. The molecule has 0 unspecified atom stereocenters. The Hall–Kier alpha value is -0.960. The highest BCUT2D eigenvalue weighted by atomic mass is 15.1. The van der Waals surface area contributed by atoms with E-state index in [1.165, 1.54) is 5.56 Å². The summed E-state index contributed by atoms with van der Waals surface area (Å²) < 4.78 is 0. The van der Waals surface area contributed by atoms with Gasteiger partial charge in [0.2, 0.25) is 0 Å². The van der Waals surface area contributed by atoms with Gasteiger partial charge in [0, 0.05) is 13.1 Å². The number of hydrogen-bond donors (Lipinski definition) is 1. The van der Waals surface area contributed by atoms with E-state index < -0.39 is 0 Å². The summed E-state index contributed by atoms with van der Waals surface area (Å²) in [4.78, 5) is 0. The van der Waals surface area contributed by atoms with Crippen LogP contribution in [0.2, 0.25) is 0 Å². The minimum Gasteiger partial charge on any atom is -0.307 e. The van der Waals surface area contributed by atoms with Crippen molar-refractivity contribution in [2.24, 2.45) is 0 Å². The molecule has 0 saturated heterocycles. The highest BCUT2D eigenvalue weighted by Crippen LogP contribution is 2.17. The summed E-state index contributed by atoms with van der Waals surface area (Å²) in [6, 6.07) is 2.16. The van der Waals surface area contributed by atoms with Gasteiger partial charge in [0.05, 0.1) is 11.4 Å². The van der Waals surface area contributed by atoms with E-state index in [1.807, 2.05) is 0 Å². The minimum atomic E-state index is 0.475. The van der Waals surface area contributed by atoms with Crippen molar-refractivity contribution in [3.63, 3.8) is 0 Å². The Kier molecular flexibility index (Phi) is 1.81. The fraction of sp³-hybridized carbons (Fsp3) is 0.556. The van der Waals surface area contributed by atoms with Crippen molar-refractivity contribution >= 4 is 0 Å². The lowest BCUT2D eigenvalue weighted by atomic mass is 10.1. The maximum Gasteiger partial charge on any atom is 0.0814 e. The molecule has 0 aliphatic carbocycles. The topological polar surface area (TPSA) is 37.8 Å². The van der Waals surface area contributed by atoms with Crippen molar-refractivity contribution < 1.29 is 0 Å². The number of nitrogens with one attached hydrogen (secondary N) is 1. The quantitative estimate of drug-likeness (QED) is 0.676. The third kappa shape index (κ3) is 1.20. The Balaban J connectivity index is 2.39. The van der Waals surface area contributed by atoms with Gasteiger partial charge in [-0.25, -0.2) is 0 Å². The summed E-state index contributed by atoms with van der Waals surface area (Å²) in [5, 5.41) is 11.6. The fourth-order valence-corrected chi connectivity index (χ4v) is 1.37. The molecule has 0 aromatic carbocycles. The van der Waals surface area contributed by atoms with Crippen molar-refractivity contribution in [1.82, 2.24) is 15.5 Å². The second-order valence-electron chi connectivity index (χ2n) is 3.50. The van der Waals surface area contributed by atoms with Crippen LogP contribution in [0.5, 0.6) is 0 Å². The van der Waals surface area contributed by atoms with Gasteiger partial charge >= 0.3 is 0 Å². The summed E-state index contributed by atoms with van der Waals surface area (Å²) in [6.45, 7) is 6.10. The van der Waals surface area contributed by atoms with Crippen LogP contribution in [-0.4, -0.2) is 10.2 Å². The molecule has 0 bridgehead atoms. The van der Waals surface area contributed by atoms with E-state index >= 15 is 0 Å². The van der Waals surface area contributed by atoms with Crippen LogP contribution in [-0.2, 0) is 13.1 Å². The van der Waals surface area contributed by atoms with Gasteiger partial charge in [0.25, 0.3) is 0 Å². The molecular weight excluding hydrogens is 150 g/mol. The number of fused-ring (bicyclic) bond motifs is 1. The smallest absolute Gasteiger partial charge is 0.0814 e. The predicted octanol–water partition coefficient (Wildman–Crippen LogP) is 1.20. The number of rotatable bonds is 1. The second kappa shape index (κ2) is 2.83. The zero-order valence-electron chi connectivity index (χ0n) is 7.46. The molecule has 1 aromatic heterocycles. The summed E-state index contributed by atoms with van der Waals surface area (Å²) in [5.41, 5.74) is 3.52. The molecule has 0 saturated carbocycles. The first kappa shape index (κ1) is 7.68. The van der Waals surface area contributed by atoms with Crippen molar-refractivity contribution in [3.05, 3.63) is 23.0 Å². The zero-order chi connectivity index (χ0) is 8.55. The van der Waals surface area contributed by atoms with Gasteiger partial charge in [-0.1, -0.05) is 13.8 Å². The van der Waals surface area contributed by atoms with Crippen LogP contribution in [0.4, 0.5) is 0 Å². The lowest BCUT2D eigenvalue weighted by Crippen LogP contribution is -2.00. The standard InChI is InChI=1S/C9H13N3/c1-6(2)8-3-7-4-10-5-9(7)12-11-8/h3,6,10H,4-5H2,1-2H3. The van der Waals surface area contributed by atoms with Gasteiger partial charge in [0.15, 0.2) is 0 Å². The Morgan fingerprint density at radius 1 is 1.33 bits per heavy atom. The molecule has 12 heavy (non-hydrogen) atoms. The minimum absolute atomic E-state index is 0.475. The van der Waals surface area contributed by atoms with Gasteiger partial charge < -0.3 is 5.32 Å². The lowest BCUT2D eigenvalue weighted by molar-refractivity contribution is 0.745. The zero-order valence-corrected chi connectivity index (χ0v) is 7.46. The third-order valence-electron chi connectivity index (χ3n) is 2.18. The van der Waals surface area contributed by atoms with Crippen molar-refractivity contribution in [1.29, 1.82) is 0 Å². The molecule has 2 heterocycles. The first-order chi connectivity index (χ1) is 5.77. The maximum absolute atomic E-state index is 4.17. The summed E-state index contributed by atoms with van der Waals surface area (Å²) in [5.74, 6) is 0.475. The number of aromatic nitrogens is 2. The Bertz CT molecular complexity index is 294. The van der Waals surface area contributed by atoms with Gasteiger partial charge in [0.1, 0.15) is 0 Å². The van der Waals surface area contributed by atoms with Crippen molar-refractivity contribution in [3.8, 4) is 0 Å². The van der Waals surface area contributed by atoms with Crippen LogP contribution in [0, 0.1) is 0 Å². The molecule has 0 radical (unpaired) electrons. The van der Waals surface area contributed by atoms with E-state index in [0.717, 1.165) is 24.5 Å². The van der Waals surface area contributed by atoms with E-state index in [0.29, 0.717) is 5.92 Å². The summed E-state index contributed by atoms with van der Waals surface area (Å²) in [6.07, 6.45) is 0. The van der Waals surface area contributed by atoms with E-state index in [-0.39, 0.29) is 0 Å². The number of hydrogen-bond acceptors (Lipinski definition) is 3. The summed E-state index contributed by atoms with van der Waals surface area (Å²) in [7, 11) is 0. The molecule has 64 valence electrons. The normalized spacial score (nSPS) is 15.2. The van der Waals surface area contributed by atoms with Gasteiger partial charge in [-0.15, -0.1) is 0 Å². The van der Waals surface area contributed by atoms with Crippen molar-refractivity contribution in [2.45, 2.75) is 32.9 Å². The van der Waals surface area contributed by atoms with Crippen LogP contribution in [0.25, 0.3) is 0 Å². The highest BCUT2D eigenvalue weighted by molar-refractivity contribution is 5.25. The van der Waals surface area contributed by atoms with Crippen LogP contribution >= 0.6 is 0 Å². The fourth-order valence-electron chi connectivity index (χ4n) is 1.37. The molecule has 3 nitrogen and oxygen atoms in total. The Labute approximate surface area is 72.2 Å². The van der Waals surface area contributed by atoms with Crippen molar-refractivity contribution in [2.75, 3.05) is 0 Å². The van der Waals surface area contributed by atoms with Crippen LogP contribution in [0.1, 0.15) is 36.7 Å². The molecule has 1 aromatic rings. The largest absolute Gasteiger partial charge is 0.307 e. The van der Waals surface area contributed by atoms with E-state index in [2.05, 4.69) is 35.4 Å². The predicted molar refractivity (Wildman–Crippen MR) is 46.7 cm³/mol. The Morgan fingerprint density at radius 3 is 2.92 bits per heavy atom. The molecular formula is C9H13N3. The SMILES string of the molecule is CC(C)c1cc2c(nn1)CNC2. The lowest BCUT2D eigenvalue weighted by Gasteiger charge is -2.04. The van der Waals surface area contributed by atoms with E-state index in [1.54, 1.807) is 0 Å². The number of nitrogens with zero attached hydrogens (tertiary/aromatic N) is 2. The van der Waals surface area contributed by atoms with Crippen LogP contribution in [0.3, 0.4) is 0 Å². The highest BCUT2D eigenvalue weighted by Gasteiger charge is 2.13. The molecule has 0 atom stereocenters. The molecule has 0 spiro atoms. The first-order valence-electron chi connectivity index (χ1n) is 4.33. The van der Waals surface area contributed by atoms with Gasteiger partial charge in [-0.2, -0.15) is 10.2 Å². The van der Waals surface area contributed by atoms with Crippen LogP contribution in [0.15, 0.2) is 6.07 Å². The van der Waals surface area contributed by atoms with E-state index in [4.69, 9.17) is 0 Å². The third-order valence-corrected chi connectivity index (χ3v) is 2.18. The molecule has 0 amide bonds. The molecule has 1 aliphatic rings. The summed E-state index contributed by atoms with van der Waals surface area (Å²) >= 11 is 0. The molecule has 3 heteroatoms. The molecule has 2 rings (SSSR count). The average Bonchev–Trinajstić information content (AvgIpc) is 2.49. The van der Waals surface area contributed by atoms with Crippen LogP contribution < -0.4 is 5.32 Å².